The fraction of sp³-hybridized carbons (Fsp3) is 0.200. The number of thioether (sulfide) groups is 1. The number of rotatable bonds is 9. The number of thiazole rings is 1. The van der Waals surface area contributed by atoms with Gasteiger partial charge in [-0.1, -0.05) is 0 Å². The summed E-state index contributed by atoms with van der Waals surface area (Å²) >= 11 is 3.28. The predicted molar refractivity (Wildman–Crippen MR) is 125 cm³/mol. The normalized spacial score (nSPS) is 12.0. The molecule has 33 heavy (non-hydrogen) atoms. The Kier molecular flexibility index (Phi) is 9.98. The molecule has 13 heteroatoms. The van der Waals surface area contributed by atoms with Crippen molar-refractivity contribution in [2.45, 2.75) is 23.7 Å². The van der Waals surface area contributed by atoms with Crippen LogP contribution in [0.1, 0.15) is 23.2 Å². The van der Waals surface area contributed by atoms with Crippen LogP contribution in [-0.4, -0.2) is 91.3 Å². The van der Waals surface area contributed by atoms with Gasteiger partial charge in [0.2, 0.25) is 0 Å². The Hall–Kier alpha value is 0.283. The zero-order valence-corrected chi connectivity index (χ0v) is 33.2. The number of hydrogen-bond acceptors (Lipinski definition) is 10. The average molecular weight is 767 g/mol. The standard InChI is InChI=1S/C20H18N6O3S2.Ra.Rb.H/c1-12-18(8-23-26-12)29-17-6-14(30-10-13-4-2-3-5-21-13)7-22-19(17)25-20-24-15(11-31-20)16(28)9-27;;;/h2-7,11,16,27-28H,9-10H2,1H3,(H-,22,23,24,25,26);;;/q-1;;+1;. The fourth-order valence-corrected chi connectivity index (χ4v) is 8.13. The topological polar surface area (TPSA) is 118 Å². The van der Waals surface area contributed by atoms with Gasteiger partial charge in [-0.25, -0.2) is 0 Å². The first-order valence-corrected chi connectivity index (χ1v) is 18.3. The van der Waals surface area contributed by atoms with Crippen LogP contribution in [0, 0.1) is 49.7 Å². The van der Waals surface area contributed by atoms with Crippen LogP contribution in [0.3, 0.4) is 0 Å². The molecule has 4 rings (SSSR count). The van der Waals surface area contributed by atoms with Crippen LogP contribution in [0.4, 0.5) is 10.9 Å². The van der Waals surface area contributed by atoms with Gasteiger partial charge in [0.1, 0.15) is 0 Å². The molecule has 0 aliphatic carbocycles. The molecule has 0 radical (unpaired) electrons. The molecule has 1 atom stereocenters. The van der Waals surface area contributed by atoms with Crippen LogP contribution in [0.15, 0.2) is 46.9 Å². The minimum atomic E-state index is -1.01. The van der Waals surface area contributed by atoms with E-state index in [0.717, 1.165) is 27.8 Å². The average Bonchev–Trinajstić information content (AvgIpc) is 3.39. The number of aliphatic hydroxyl groups is 2. The molecule has 3 N–H and O–H groups in total. The Morgan fingerprint density at radius 3 is 2.91 bits per heavy atom. The molecule has 0 spiro atoms. The maximum absolute atomic E-state index is 9.83. The Morgan fingerprint density at radius 2 is 2.21 bits per heavy atom. The number of aryl methyl sites for hydroxylation is 1. The van der Waals surface area contributed by atoms with Crippen LogP contribution in [0.5, 0.6) is 11.5 Å². The number of aliphatic hydroxyl groups excluding tert-OH is 2. The molecule has 0 aliphatic rings. The van der Waals surface area contributed by atoms with Crippen LogP contribution in [-0.2, 0) is 5.75 Å². The van der Waals surface area contributed by atoms with E-state index < -0.39 is 6.10 Å². The van der Waals surface area contributed by atoms with Gasteiger partial charge in [-0.05, 0) is 0 Å². The van der Waals surface area contributed by atoms with Crippen molar-refractivity contribution in [3.8, 4) is 11.5 Å². The monoisotopic (exact) mass is 766 g/mol. The van der Waals surface area contributed by atoms with Crippen molar-refractivity contribution < 1.29 is 57.7 Å². The third-order valence-electron chi connectivity index (χ3n) is 4.86. The molecule has 4 aromatic heterocycles. The number of ether oxygens (including phenoxy) is 1. The van der Waals surface area contributed by atoms with Gasteiger partial charge in [0, 0.05) is 0 Å². The molecular formula is C20H19N6O3RaRbS2. The predicted octanol–water partition coefficient (Wildman–Crippen LogP) is 2.13. The summed E-state index contributed by atoms with van der Waals surface area (Å²) in [6.07, 6.45) is 2.57. The Bertz CT molecular complexity index is 1240. The van der Waals surface area contributed by atoms with E-state index in [0.29, 0.717) is 22.4 Å². The second kappa shape index (κ2) is 12.5. The molecule has 0 saturated heterocycles. The molecule has 0 bridgehead atoms. The Balaban J connectivity index is 1.62. The minimum absolute atomic E-state index is 0.0698. The van der Waals surface area contributed by atoms with Gasteiger partial charge in [0.25, 0.3) is 0 Å². The third-order valence-corrected chi connectivity index (χ3v) is 22.3. The van der Waals surface area contributed by atoms with Gasteiger partial charge in [-0.2, -0.15) is 0 Å². The summed E-state index contributed by atoms with van der Waals surface area (Å²) in [5.74, 6) is 2.66. The van der Waals surface area contributed by atoms with E-state index in [1.165, 1.54) is 12.1 Å². The van der Waals surface area contributed by atoms with Gasteiger partial charge < -0.3 is 0 Å². The zero-order valence-electron chi connectivity index (χ0n) is 18.4. The van der Waals surface area contributed by atoms with Gasteiger partial charge in [-0.3, -0.25) is 0 Å². The molecule has 1 unspecified atom stereocenters. The number of hydrogen-bond donors (Lipinski definition) is 3. The Labute approximate surface area is 268 Å². The second-order valence-electron chi connectivity index (χ2n) is 7.25. The molecule has 0 amide bonds. The summed E-state index contributed by atoms with van der Waals surface area (Å²) in [4.78, 5) is 14.3. The zero-order chi connectivity index (χ0) is 23.4. The van der Waals surface area contributed by atoms with Crippen LogP contribution in [0.25, 0.3) is 0 Å². The van der Waals surface area contributed by atoms with Gasteiger partial charge in [-0.15, -0.1) is 0 Å². The number of pyridine rings is 2. The van der Waals surface area contributed by atoms with E-state index in [1.807, 2.05) is 31.2 Å². The number of aromatic nitrogens is 5. The van der Waals surface area contributed by atoms with E-state index >= 15 is 0 Å². The summed E-state index contributed by atoms with van der Waals surface area (Å²) in [7, 11) is 0. The Morgan fingerprint density at radius 1 is 1.36 bits per heavy atom. The van der Waals surface area contributed by atoms with Crippen molar-refractivity contribution in [3.05, 3.63) is 59.1 Å². The van der Waals surface area contributed by atoms with E-state index in [4.69, 9.17) is 9.84 Å². The second-order valence-corrected chi connectivity index (χ2v) is 15.1. The van der Waals surface area contributed by atoms with Gasteiger partial charge in [0.15, 0.2) is 0 Å². The molecule has 0 aromatic carbocycles. The first kappa shape index (κ1) is 26.3. The number of anilines is 2. The van der Waals surface area contributed by atoms with Gasteiger partial charge in [0.05, 0.1) is 0 Å². The van der Waals surface area contributed by atoms with Crippen LogP contribution in [0.2, 0.25) is 0 Å². The summed E-state index contributed by atoms with van der Waals surface area (Å²) in [5.41, 5.74) is 2.29. The fourth-order valence-electron chi connectivity index (χ4n) is 3.02. The summed E-state index contributed by atoms with van der Waals surface area (Å²) in [5, 5.41) is 29.0. The quantitative estimate of drug-likeness (QED) is 0.221. The number of nitrogens with zero attached hydrogens (tertiary/aromatic N) is 5. The van der Waals surface area contributed by atoms with Gasteiger partial charge >= 0.3 is 273 Å². The summed E-state index contributed by atoms with van der Waals surface area (Å²) in [6, 6.07) is 7.84. The van der Waals surface area contributed by atoms with Crippen molar-refractivity contribution in [1.29, 1.82) is 0 Å². The van der Waals surface area contributed by atoms with E-state index in [1.54, 1.807) is 29.5 Å². The maximum atomic E-state index is 9.83. The molecule has 0 aliphatic heterocycles. The van der Waals surface area contributed by atoms with Crippen molar-refractivity contribution in [2.75, 3.05) is 11.9 Å². The van der Waals surface area contributed by atoms with E-state index in [2.05, 4.69) is 23.8 Å². The number of nitrogens with one attached hydrogen (secondary N) is 1. The van der Waals surface area contributed by atoms with Crippen molar-refractivity contribution in [1.82, 2.24) is 18.5 Å². The first-order valence-electron chi connectivity index (χ1n) is 10.2. The van der Waals surface area contributed by atoms with Crippen LogP contribution < -0.4 is 10.8 Å². The summed E-state index contributed by atoms with van der Waals surface area (Å²) in [6.45, 7) is 1.59. The molecule has 4 heterocycles. The first-order chi connectivity index (χ1) is 15.9. The van der Waals surface area contributed by atoms with Crippen molar-refractivity contribution in [3.63, 3.8) is 0 Å². The molecule has 9 nitrogen and oxygen atoms in total. The summed E-state index contributed by atoms with van der Waals surface area (Å²) < 4.78 is 9.68. The van der Waals surface area contributed by atoms with E-state index in [-0.39, 0.29) is 105 Å². The SMILES string of the molecule is Cc1n[n]([Rb])[c]([RaH])c1Oc1cc(SCc2ccccn2)cnc1Nc1nc(C(O)CO)cs1. The molecule has 0 fully saturated rings. The van der Waals surface area contributed by atoms with Crippen LogP contribution >= 0.6 is 23.1 Å². The third kappa shape index (κ3) is 6.95. The molecule has 162 valence electrons. The van der Waals surface area contributed by atoms with Crippen molar-refractivity contribution >= 4 is 90.8 Å². The molecule has 4 aromatic rings. The molecular weight excluding hydrogens is 748 g/mol. The van der Waals surface area contributed by atoms with Crippen molar-refractivity contribution in [2.24, 2.45) is 0 Å². The molecule has 0 saturated carbocycles. The van der Waals surface area contributed by atoms with E-state index in [9.17, 15) is 5.11 Å².